The zero-order chi connectivity index (χ0) is 19.7. The molecule has 4 aromatic rings. The molecule has 0 bridgehead atoms. The number of hydrogen-bond acceptors (Lipinski definition) is 6. The number of aromatic nitrogens is 2. The highest BCUT2D eigenvalue weighted by atomic mass is 35.5. The van der Waals surface area contributed by atoms with Crippen molar-refractivity contribution in [1.29, 1.82) is 0 Å². The number of fused-ring (bicyclic) bond motifs is 1. The Kier molecular flexibility index (Phi) is 5.07. The summed E-state index contributed by atoms with van der Waals surface area (Å²) in [5.74, 6) is 2.57. The number of ether oxygens (including phenoxy) is 2. The molecule has 2 aromatic carbocycles. The number of thiophene rings is 1. The van der Waals surface area contributed by atoms with Crippen LogP contribution in [0.15, 0.2) is 48.5 Å². The van der Waals surface area contributed by atoms with E-state index in [0.29, 0.717) is 28.2 Å². The van der Waals surface area contributed by atoms with E-state index in [1.807, 2.05) is 25.1 Å². The number of hydrogen-bond donors (Lipinski definition) is 1. The Morgan fingerprint density at radius 2 is 1.71 bits per heavy atom. The molecule has 0 unspecified atom stereocenters. The van der Waals surface area contributed by atoms with Gasteiger partial charge in [0.1, 0.15) is 28.0 Å². The molecule has 0 amide bonds. The predicted molar refractivity (Wildman–Crippen MR) is 115 cm³/mol. The van der Waals surface area contributed by atoms with E-state index < -0.39 is 0 Å². The molecule has 0 saturated carbocycles. The quantitative estimate of drug-likeness (QED) is 0.431. The second kappa shape index (κ2) is 7.66. The van der Waals surface area contributed by atoms with Crippen molar-refractivity contribution in [3.8, 4) is 21.9 Å². The maximum Gasteiger partial charge on any atom is 0.144 e. The molecule has 0 aliphatic rings. The van der Waals surface area contributed by atoms with E-state index in [0.717, 1.165) is 26.3 Å². The lowest BCUT2D eigenvalue weighted by atomic mass is 10.2. The first kappa shape index (κ1) is 18.5. The van der Waals surface area contributed by atoms with Crippen LogP contribution < -0.4 is 14.8 Å². The van der Waals surface area contributed by atoms with Gasteiger partial charge in [0.25, 0.3) is 0 Å². The summed E-state index contributed by atoms with van der Waals surface area (Å²) in [7, 11) is 3.18. The SMILES string of the molecule is COc1cc(Nc2nc(C)nc3sc(-c4ccccc4)cc23)c(OC)cc1Cl. The molecule has 0 atom stereocenters. The Labute approximate surface area is 171 Å². The molecule has 7 heteroatoms. The summed E-state index contributed by atoms with van der Waals surface area (Å²) >= 11 is 7.86. The highest BCUT2D eigenvalue weighted by Crippen LogP contribution is 2.40. The molecule has 2 aromatic heterocycles. The molecule has 5 nitrogen and oxygen atoms in total. The fourth-order valence-electron chi connectivity index (χ4n) is 2.95. The summed E-state index contributed by atoms with van der Waals surface area (Å²) in [6.07, 6.45) is 0. The van der Waals surface area contributed by atoms with Crippen molar-refractivity contribution >= 4 is 44.7 Å². The summed E-state index contributed by atoms with van der Waals surface area (Å²) in [4.78, 5) is 11.3. The number of nitrogens with one attached hydrogen (secondary N) is 1. The number of benzene rings is 2. The van der Waals surface area contributed by atoms with Gasteiger partial charge in [0.15, 0.2) is 0 Å². The summed E-state index contributed by atoms with van der Waals surface area (Å²) < 4.78 is 10.8. The van der Waals surface area contributed by atoms with Gasteiger partial charge in [0, 0.05) is 17.0 Å². The Hall–Kier alpha value is -2.83. The van der Waals surface area contributed by atoms with Crippen molar-refractivity contribution in [2.75, 3.05) is 19.5 Å². The molecule has 2 heterocycles. The summed E-state index contributed by atoms with van der Waals surface area (Å²) in [5.41, 5.74) is 1.87. The van der Waals surface area contributed by atoms with Crippen LogP contribution in [0.4, 0.5) is 11.5 Å². The standard InChI is InChI=1S/C21H18ClN3O2S/c1-12-23-20(25-16-11-17(26-2)15(22)10-18(16)27-3)14-9-19(28-21(14)24-12)13-7-5-4-6-8-13/h4-11H,1-3H3,(H,23,24,25). The molecule has 0 fully saturated rings. The van der Waals surface area contributed by atoms with Crippen molar-refractivity contribution in [3.05, 3.63) is 59.4 Å². The summed E-state index contributed by atoms with van der Waals surface area (Å²) in [6, 6.07) is 15.9. The smallest absolute Gasteiger partial charge is 0.144 e. The minimum Gasteiger partial charge on any atom is -0.495 e. The molecule has 0 radical (unpaired) electrons. The van der Waals surface area contributed by atoms with Crippen LogP contribution in [0.3, 0.4) is 0 Å². The van der Waals surface area contributed by atoms with Gasteiger partial charge in [0.05, 0.1) is 30.3 Å². The second-order valence-electron chi connectivity index (χ2n) is 6.13. The number of aryl methyl sites for hydroxylation is 1. The van der Waals surface area contributed by atoms with Gasteiger partial charge in [-0.25, -0.2) is 9.97 Å². The van der Waals surface area contributed by atoms with Crippen LogP contribution in [-0.4, -0.2) is 24.2 Å². The lowest BCUT2D eigenvalue weighted by Crippen LogP contribution is -2.00. The first-order valence-corrected chi connectivity index (χ1v) is 9.80. The Balaban J connectivity index is 1.82. The van der Waals surface area contributed by atoms with E-state index in [4.69, 9.17) is 21.1 Å². The van der Waals surface area contributed by atoms with E-state index in [-0.39, 0.29) is 0 Å². The summed E-state index contributed by atoms with van der Waals surface area (Å²) in [6.45, 7) is 1.88. The van der Waals surface area contributed by atoms with Crippen molar-refractivity contribution in [2.45, 2.75) is 6.92 Å². The van der Waals surface area contributed by atoms with E-state index in [2.05, 4.69) is 33.5 Å². The number of rotatable bonds is 5. The van der Waals surface area contributed by atoms with Crippen LogP contribution in [0, 0.1) is 6.92 Å². The highest BCUT2D eigenvalue weighted by Gasteiger charge is 2.15. The first-order chi connectivity index (χ1) is 13.6. The lowest BCUT2D eigenvalue weighted by Gasteiger charge is -2.14. The van der Waals surface area contributed by atoms with E-state index in [9.17, 15) is 0 Å². The Morgan fingerprint density at radius 1 is 0.964 bits per heavy atom. The topological polar surface area (TPSA) is 56.3 Å². The van der Waals surface area contributed by atoms with Crippen LogP contribution in [0.5, 0.6) is 11.5 Å². The van der Waals surface area contributed by atoms with Gasteiger partial charge in [-0.1, -0.05) is 41.9 Å². The normalized spacial score (nSPS) is 10.9. The monoisotopic (exact) mass is 411 g/mol. The zero-order valence-electron chi connectivity index (χ0n) is 15.6. The zero-order valence-corrected chi connectivity index (χ0v) is 17.2. The maximum atomic E-state index is 6.22. The van der Waals surface area contributed by atoms with Crippen molar-refractivity contribution < 1.29 is 9.47 Å². The number of nitrogens with zero attached hydrogens (tertiary/aromatic N) is 2. The van der Waals surface area contributed by atoms with E-state index >= 15 is 0 Å². The third-order valence-electron chi connectivity index (χ3n) is 4.29. The molecule has 0 spiro atoms. The van der Waals surface area contributed by atoms with Crippen molar-refractivity contribution in [2.24, 2.45) is 0 Å². The average molecular weight is 412 g/mol. The minimum atomic E-state index is 0.482. The van der Waals surface area contributed by atoms with Crippen molar-refractivity contribution in [1.82, 2.24) is 9.97 Å². The third kappa shape index (κ3) is 3.48. The minimum absolute atomic E-state index is 0.482. The molecular weight excluding hydrogens is 394 g/mol. The Bertz CT molecular complexity index is 1150. The number of halogens is 1. The Morgan fingerprint density at radius 3 is 2.43 bits per heavy atom. The van der Waals surface area contributed by atoms with Crippen LogP contribution in [0.25, 0.3) is 20.7 Å². The molecule has 142 valence electrons. The number of anilines is 2. The van der Waals surface area contributed by atoms with Gasteiger partial charge < -0.3 is 14.8 Å². The highest BCUT2D eigenvalue weighted by molar-refractivity contribution is 7.21. The summed E-state index contributed by atoms with van der Waals surface area (Å²) in [5, 5.41) is 4.80. The largest absolute Gasteiger partial charge is 0.495 e. The third-order valence-corrected chi connectivity index (χ3v) is 5.66. The molecule has 0 saturated heterocycles. The number of methoxy groups -OCH3 is 2. The van der Waals surface area contributed by atoms with E-state index in [1.165, 1.54) is 0 Å². The molecule has 1 N–H and O–H groups in total. The van der Waals surface area contributed by atoms with Crippen LogP contribution in [0.1, 0.15) is 5.82 Å². The molecule has 4 rings (SSSR count). The van der Waals surface area contributed by atoms with Gasteiger partial charge >= 0.3 is 0 Å². The average Bonchev–Trinajstić information content (AvgIpc) is 3.13. The van der Waals surface area contributed by atoms with Crippen LogP contribution in [0.2, 0.25) is 5.02 Å². The predicted octanol–water partition coefficient (Wildman–Crippen LogP) is 6.08. The van der Waals surface area contributed by atoms with Crippen LogP contribution >= 0.6 is 22.9 Å². The van der Waals surface area contributed by atoms with Gasteiger partial charge in [-0.3, -0.25) is 0 Å². The lowest BCUT2D eigenvalue weighted by molar-refractivity contribution is 0.405. The fraction of sp³-hybridized carbons (Fsp3) is 0.143. The first-order valence-electron chi connectivity index (χ1n) is 8.61. The van der Waals surface area contributed by atoms with Gasteiger partial charge in [-0.05, 0) is 18.6 Å². The molecule has 0 aliphatic heterocycles. The van der Waals surface area contributed by atoms with Gasteiger partial charge in [-0.2, -0.15) is 0 Å². The fourth-order valence-corrected chi connectivity index (χ4v) is 4.27. The van der Waals surface area contributed by atoms with Gasteiger partial charge in [0.2, 0.25) is 0 Å². The molecular formula is C21H18ClN3O2S. The van der Waals surface area contributed by atoms with Crippen LogP contribution in [-0.2, 0) is 0 Å². The van der Waals surface area contributed by atoms with E-state index in [1.54, 1.807) is 37.7 Å². The van der Waals surface area contributed by atoms with Gasteiger partial charge in [-0.15, -0.1) is 11.3 Å². The van der Waals surface area contributed by atoms with Crippen molar-refractivity contribution in [3.63, 3.8) is 0 Å². The molecule has 28 heavy (non-hydrogen) atoms. The maximum absolute atomic E-state index is 6.22. The molecule has 0 aliphatic carbocycles. The second-order valence-corrected chi connectivity index (χ2v) is 7.56.